The van der Waals surface area contributed by atoms with Crippen LogP contribution >= 0.6 is 23.2 Å². The maximum Gasteiger partial charge on any atom is 0.0620 e. The third kappa shape index (κ3) is 3.13. The molecule has 0 atom stereocenters. The van der Waals surface area contributed by atoms with Crippen molar-refractivity contribution in [1.82, 2.24) is 0 Å². The number of halogens is 2. The summed E-state index contributed by atoms with van der Waals surface area (Å²) in [5, 5.41) is 1.12. The van der Waals surface area contributed by atoms with Gasteiger partial charge in [-0.25, -0.2) is 0 Å². The van der Waals surface area contributed by atoms with Crippen molar-refractivity contribution in [1.29, 1.82) is 0 Å². The highest BCUT2D eigenvalue weighted by molar-refractivity contribution is 6.41. The van der Waals surface area contributed by atoms with Crippen LogP contribution in [0.5, 0.6) is 0 Å². The van der Waals surface area contributed by atoms with E-state index in [1.807, 2.05) is 19.9 Å². The van der Waals surface area contributed by atoms with Crippen LogP contribution in [0.3, 0.4) is 0 Å². The molecule has 0 aromatic carbocycles. The zero-order chi connectivity index (χ0) is 8.85. The van der Waals surface area contributed by atoms with E-state index in [1.54, 1.807) is 6.08 Å². The first-order valence-electron chi connectivity index (χ1n) is 3.50. The minimum Gasteiger partial charge on any atom is -0.0975 e. The minimum atomic E-state index is 0.515. The summed E-state index contributed by atoms with van der Waals surface area (Å²) in [5.41, 5.74) is 1.05. The van der Waals surface area contributed by atoms with Crippen molar-refractivity contribution in [3.63, 3.8) is 0 Å². The van der Waals surface area contributed by atoms with Crippen molar-refractivity contribution in [2.45, 2.75) is 20.3 Å². The molecule has 0 aliphatic heterocycles. The SMILES string of the molecule is C=C/C(Cl)=C(Cl)\C(=C/C)CC. The molecule has 11 heavy (non-hydrogen) atoms. The zero-order valence-electron chi connectivity index (χ0n) is 6.82. The molecular weight excluding hydrogens is 179 g/mol. The van der Waals surface area contributed by atoms with E-state index in [0.29, 0.717) is 10.1 Å². The van der Waals surface area contributed by atoms with Crippen LogP contribution < -0.4 is 0 Å². The lowest BCUT2D eigenvalue weighted by atomic mass is 10.2. The Morgan fingerprint density at radius 2 is 2.00 bits per heavy atom. The maximum absolute atomic E-state index is 5.91. The van der Waals surface area contributed by atoms with E-state index >= 15 is 0 Å². The van der Waals surface area contributed by atoms with E-state index in [0.717, 1.165) is 12.0 Å². The maximum atomic E-state index is 5.91. The van der Waals surface area contributed by atoms with E-state index < -0.39 is 0 Å². The monoisotopic (exact) mass is 190 g/mol. The summed E-state index contributed by atoms with van der Waals surface area (Å²) in [5.74, 6) is 0. The Balaban J connectivity index is 4.70. The molecule has 0 saturated heterocycles. The topological polar surface area (TPSA) is 0 Å². The Hall–Kier alpha value is -0.200. The van der Waals surface area contributed by atoms with Gasteiger partial charge in [0.15, 0.2) is 0 Å². The smallest absolute Gasteiger partial charge is 0.0620 e. The fourth-order valence-corrected chi connectivity index (χ4v) is 1.17. The van der Waals surface area contributed by atoms with Gasteiger partial charge in [-0.1, -0.05) is 42.8 Å². The predicted molar refractivity (Wildman–Crippen MR) is 53.0 cm³/mol. The molecule has 2 heteroatoms. The second kappa shape index (κ2) is 5.45. The van der Waals surface area contributed by atoms with Crippen LogP contribution in [0.4, 0.5) is 0 Å². The second-order valence-electron chi connectivity index (χ2n) is 2.03. The summed E-state index contributed by atoms with van der Waals surface area (Å²) in [7, 11) is 0. The van der Waals surface area contributed by atoms with E-state index in [4.69, 9.17) is 23.2 Å². The molecule has 62 valence electrons. The van der Waals surface area contributed by atoms with E-state index in [9.17, 15) is 0 Å². The van der Waals surface area contributed by atoms with Crippen LogP contribution in [0.25, 0.3) is 0 Å². The summed E-state index contributed by atoms with van der Waals surface area (Å²) < 4.78 is 0. The van der Waals surface area contributed by atoms with Crippen molar-refractivity contribution in [2.24, 2.45) is 0 Å². The van der Waals surface area contributed by atoms with Gasteiger partial charge in [0.25, 0.3) is 0 Å². The summed E-state index contributed by atoms with van der Waals surface area (Å²) >= 11 is 11.7. The standard InChI is InChI=1S/C9H12Cl2/c1-4-7(5-2)9(11)8(10)6-3/h4,6H,3,5H2,1-2H3/b7-4-,9-8-. The van der Waals surface area contributed by atoms with Gasteiger partial charge in [0.1, 0.15) is 0 Å². The van der Waals surface area contributed by atoms with E-state index in [-0.39, 0.29) is 0 Å². The van der Waals surface area contributed by atoms with Gasteiger partial charge in [0.2, 0.25) is 0 Å². The van der Waals surface area contributed by atoms with Gasteiger partial charge < -0.3 is 0 Å². The average Bonchev–Trinajstić information content (AvgIpc) is 2.05. The molecule has 0 rings (SSSR count). The predicted octanol–water partition coefficient (Wildman–Crippen LogP) is 4.22. The van der Waals surface area contributed by atoms with Gasteiger partial charge >= 0.3 is 0 Å². The first kappa shape index (κ1) is 10.8. The third-order valence-electron chi connectivity index (χ3n) is 1.40. The Morgan fingerprint density at radius 3 is 2.27 bits per heavy atom. The van der Waals surface area contributed by atoms with E-state index in [2.05, 4.69) is 6.58 Å². The van der Waals surface area contributed by atoms with Crippen molar-refractivity contribution in [3.8, 4) is 0 Å². The zero-order valence-corrected chi connectivity index (χ0v) is 8.34. The summed E-state index contributed by atoms with van der Waals surface area (Å²) in [4.78, 5) is 0. The Kier molecular flexibility index (Phi) is 5.35. The molecule has 0 spiro atoms. The molecule has 0 aromatic rings. The molecule has 0 N–H and O–H groups in total. The highest BCUT2D eigenvalue weighted by Gasteiger charge is 2.01. The van der Waals surface area contributed by atoms with Gasteiger partial charge in [0, 0.05) is 0 Å². The van der Waals surface area contributed by atoms with Crippen molar-refractivity contribution in [2.75, 3.05) is 0 Å². The molecule has 0 radical (unpaired) electrons. The van der Waals surface area contributed by atoms with Gasteiger partial charge in [-0.05, 0) is 25.0 Å². The molecule has 0 aliphatic carbocycles. The van der Waals surface area contributed by atoms with Crippen molar-refractivity contribution < 1.29 is 0 Å². The fourth-order valence-electron chi connectivity index (χ4n) is 0.729. The normalized spacial score (nSPS) is 14.4. The Morgan fingerprint density at radius 1 is 1.45 bits per heavy atom. The fraction of sp³-hybridized carbons (Fsp3) is 0.333. The Bertz CT molecular complexity index is 200. The number of hydrogen-bond donors (Lipinski definition) is 0. The molecule has 0 heterocycles. The van der Waals surface area contributed by atoms with Crippen LogP contribution in [0, 0.1) is 0 Å². The lowest BCUT2D eigenvalue weighted by molar-refractivity contribution is 1.13. The van der Waals surface area contributed by atoms with Crippen LogP contribution in [-0.4, -0.2) is 0 Å². The van der Waals surface area contributed by atoms with Crippen LogP contribution in [0.2, 0.25) is 0 Å². The number of hydrogen-bond acceptors (Lipinski definition) is 0. The summed E-state index contributed by atoms with van der Waals surface area (Å²) in [6.07, 6.45) is 4.39. The summed E-state index contributed by atoms with van der Waals surface area (Å²) in [6.45, 7) is 7.50. The Labute approximate surface area is 78.2 Å². The molecule has 0 bridgehead atoms. The lowest BCUT2D eigenvalue weighted by Gasteiger charge is -2.02. The molecule has 0 saturated carbocycles. The molecule has 0 aromatic heterocycles. The molecular formula is C9H12Cl2. The highest BCUT2D eigenvalue weighted by atomic mass is 35.5. The van der Waals surface area contributed by atoms with Gasteiger partial charge in [-0.15, -0.1) is 0 Å². The molecule has 0 unspecified atom stereocenters. The lowest BCUT2D eigenvalue weighted by Crippen LogP contribution is -1.81. The quantitative estimate of drug-likeness (QED) is 0.586. The summed E-state index contributed by atoms with van der Waals surface area (Å²) in [6, 6.07) is 0. The largest absolute Gasteiger partial charge is 0.0975 e. The highest BCUT2D eigenvalue weighted by Crippen LogP contribution is 2.24. The van der Waals surface area contributed by atoms with Crippen LogP contribution in [0.15, 0.2) is 34.4 Å². The van der Waals surface area contributed by atoms with Gasteiger partial charge in [-0.2, -0.15) is 0 Å². The number of rotatable bonds is 3. The first-order chi connectivity index (χ1) is 5.17. The van der Waals surface area contributed by atoms with Gasteiger partial charge in [-0.3, -0.25) is 0 Å². The molecule has 0 aliphatic rings. The second-order valence-corrected chi connectivity index (χ2v) is 2.82. The van der Waals surface area contributed by atoms with E-state index in [1.165, 1.54) is 0 Å². The molecule has 0 amide bonds. The van der Waals surface area contributed by atoms with Gasteiger partial charge in [0.05, 0.1) is 10.1 Å². The minimum absolute atomic E-state index is 0.515. The molecule has 0 fully saturated rings. The van der Waals surface area contributed by atoms with Crippen molar-refractivity contribution >= 4 is 23.2 Å². The molecule has 0 nitrogen and oxygen atoms in total. The van der Waals surface area contributed by atoms with Crippen LogP contribution in [-0.2, 0) is 0 Å². The number of allylic oxidation sites excluding steroid dienone is 5. The third-order valence-corrected chi connectivity index (χ3v) is 2.29. The first-order valence-corrected chi connectivity index (χ1v) is 4.26. The van der Waals surface area contributed by atoms with Crippen LogP contribution in [0.1, 0.15) is 20.3 Å². The average molecular weight is 191 g/mol. The van der Waals surface area contributed by atoms with Crippen molar-refractivity contribution in [3.05, 3.63) is 34.4 Å².